The van der Waals surface area contributed by atoms with Crippen molar-refractivity contribution < 1.29 is 14.3 Å². The van der Waals surface area contributed by atoms with Crippen molar-refractivity contribution in [2.45, 2.75) is 40.3 Å². The van der Waals surface area contributed by atoms with E-state index >= 15 is 0 Å². The largest absolute Gasteiger partial charge is 0.450 e. The van der Waals surface area contributed by atoms with Crippen LogP contribution in [0, 0.1) is 0 Å². The van der Waals surface area contributed by atoms with E-state index in [4.69, 9.17) is 4.74 Å². The van der Waals surface area contributed by atoms with Gasteiger partial charge in [-0.2, -0.15) is 5.10 Å². The summed E-state index contributed by atoms with van der Waals surface area (Å²) in [4.78, 5) is 38.5. The van der Waals surface area contributed by atoms with Crippen molar-refractivity contribution in [3.05, 3.63) is 82.1 Å². The number of anilines is 1. The number of ether oxygens (including phenoxy) is 1. The number of nitrogens with zero attached hydrogens (tertiary/aromatic N) is 3. The lowest BCUT2D eigenvalue weighted by molar-refractivity contribution is -0.121. The Morgan fingerprint density at radius 1 is 0.973 bits per heavy atom. The minimum atomic E-state index is -0.528. The predicted molar refractivity (Wildman–Crippen MR) is 144 cm³/mol. The first-order chi connectivity index (χ1) is 17.9. The highest BCUT2D eigenvalue weighted by molar-refractivity contribution is 5.84. The number of hydrogen-bond acceptors (Lipinski definition) is 6. The van der Waals surface area contributed by atoms with Crippen molar-refractivity contribution in [3.8, 4) is 11.3 Å². The van der Waals surface area contributed by atoms with Crippen LogP contribution in [0.3, 0.4) is 0 Å². The molecule has 1 aromatic heterocycles. The SMILES string of the molecule is CCOC(=O)Nc1cccc(Cn2nc(-c3ccc(CNC(=O)CCN(CC)CC)cc3)ccc2=O)c1. The molecule has 0 bridgehead atoms. The quantitative estimate of drug-likeness (QED) is 0.387. The van der Waals surface area contributed by atoms with Crippen LogP contribution >= 0.6 is 0 Å². The van der Waals surface area contributed by atoms with E-state index in [-0.39, 0.29) is 24.6 Å². The summed E-state index contributed by atoms with van der Waals surface area (Å²) in [5.41, 5.74) is 3.68. The van der Waals surface area contributed by atoms with E-state index < -0.39 is 6.09 Å². The Balaban J connectivity index is 1.63. The highest BCUT2D eigenvalue weighted by atomic mass is 16.5. The van der Waals surface area contributed by atoms with Gasteiger partial charge in [-0.15, -0.1) is 0 Å². The third kappa shape index (κ3) is 8.57. The highest BCUT2D eigenvalue weighted by Crippen LogP contribution is 2.17. The van der Waals surface area contributed by atoms with Gasteiger partial charge in [-0.25, -0.2) is 9.48 Å². The summed E-state index contributed by atoms with van der Waals surface area (Å²) in [5.74, 6) is 0.0336. The van der Waals surface area contributed by atoms with Gasteiger partial charge in [0.2, 0.25) is 5.91 Å². The van der Waals surface area contributed by atoms with Gasteiger partial charge in [0, 0.05) is 36.8 Å². The van der Waals surface area contributed by atoms with Crippen LogP contribution in [0.1, 0.15) is 38.3 Å². The maximum absolute atomic E-state index is 12.5. The Morgan fingerprint density at radius 3 is 2.43 bits per heavy atom. The van der Waals surface area contributed by atoms with Gasteiger partial charge in [0.1, 0.15) is 0 Å². The number of aromatic nitrogens is 2. The van der Waals surface area contributed by atoms with E-state index in [1.807, 2.05) is 30.3 Å². The van der Waals surface area contributed by atoms with Crippen LogP contribution in [0.25, 0.3) is 11.3 Å². The molecule has 2 aromatic carbocycles. The van der Waals surface area contributed by atoms with Crippen molar-refractivity contribution in [2.75, 3.05) is 31.6 Å². The number of carbonyl (C=O) groups is 2. The van der Waals surface area contributed by atoms with Gasteiger partial charge < -0.3 is 15.0 Å². The molecule has 0 spiro atoms. The van der Waals surface area contributed by atoms with Crippen LogP contribution < -0.4 is 16.2 Å². The number of nitrogens with one attached hydrogen (secondary N) is 2. The molecular weight excluding hydrogens is 470 g/mol. The Hall–Kier alpha value is -3.98. The van der Waals surface area contributed by atoms with Gasteiger partial charge >= 0.3 is 6.09 Å². The van der Waals surface area contributed by atoms with Gasteiger partial charge in [0.05, 0.1) is 18.8 Å². The lowest BCUT2D eigenvalue weighted by atomic mass is 10.1. The molecule has 0 aliphatic carbocycles. The molecule has 1 heterocycles. The second-order valence-electron chi connectivity index (χ2n) is 8.51. The minimum Gasteiger partial charge on any atom is -0.450 e. The topological polar surface area (TPSA) is 106 Å². The molecule has 0 radical (unpaired) electrons. The number of benzene rings is 2. The molecule has 37 heavy (non-hydrogen) atoms. The first-order valence-electron chi connectivity index (χ1n) is 12.6. The molecule has 9 heteroatoms. The standard InChI is InChI=1S/C28H35N5O4/c1-4-32(5-2)17-16-26(34)29-19-21-10-12-23(13-11-21)25-14-15-27(35)33(31-25)20-22-8-7-9-24(18-22)30-28(36)37-6-3/h7-15,18H,4-6,16-17,19-20H2,1-3H3,(H,29,34)(H,30,36). The molecule has 0 saturated heterocycles. The number of carbonyl (C=O) groups excluding carboxylic acids is 2. The van der Waals surface area contributed by atoms with E-state index in [2.05, 4.69) is 34.5 Å². The second kappa shape index (κ2) is 13.9. The molecule has 0 unspecified atom stereocenters. The average Bonchev–Trinajstić information content (AvgIpc) is 2.90. The fourth-order valence-corrected chi connectivity index (χ4v) is 3.80. The van der Waals surface area contributed by atoms with E-state index in [1.165, 1.54) is 10.7 Å². The monoisotopic (exact) mass is 505 g/mol. The normalized spacial score (nSPS) is 10.8. The van der Waals surface area contributed by atoms with Crippen molar-refractivity contribution >= 4 is 17.7 Å². The van der Waals surface area contributed by atoms with Gasteiger partial charge in [-0.3, -0.25) is 14.9 Å². The van der Waals surface area contributed by atoms with Gasteiger partial charge in [0.15, 0.2) is 0 Å². The summed E-state index contributed by atoms with van der Waals surface area (Å²) in [6, 6.07) is 18.1. The van der Waals surface area contributed by atoms with Crippen LogP contribution in [0.15, 0.2) is 65.5 Å². The van der Waals surface area contributed by atoms with Crippen LogP contribution in [-0.2, 0) is 22.6 Å². The van der Waals surface area contributed by atoms with Crippen molar-refractivity contribution in [1.29, 1.82) is 0 Å². The summed E-state index contributed by atoms with van der Waals surface area (Å²) in [7, 11) is 0. The zero-order chi connectivity index (χ0) is 26.6. The van der Waals surface area contributed by atoms with E-state index in [0.29, 0.717) is 24.3 Å². The number of hydrogen-bond donors (Lipinski definition) is 2. The van der Waals surface area contributed by atoms with Crippen LogP contribution in [0.2, 0.25) is 0 Å². The Labute approximate surface area is 217 Å². The average molecular weight is 506 g/mol. The molecule has 3 rings (SSSR count). The maximum atomic E-state index is 12.5. The summed E-state index contributed by atoms with van der Waals surface area (Å²) in [6.07, 6.45) is -0.0490. The lowest BCUT2D eigenvalue weighted by Gasteiger charge is -2.17. The zero-order valence-electron chi connectivity index (χ0n) is 21.7. The Bertz CT molecular complexity index is 1240. The fourth-order valence-electron chi connectivity index (χ4n) is 3.80. The molecule has 0 aliphatic heterocycles. The van der Waals surface area contributed by atoms with E-state index in [1.54, 1.807) is 31.2 Å². The van der Waals surface area contributed by atoms with Crippen LogP contribution in [0.5, 0.6) is 0 Å². The van der Waals surface area contributed by atoms with Crippen LogP contribution in [-0.4, -0.2) is 52.9 Å². The fraction of sp³-hybridized carbons (Fsp3) is 0.357. The minimum absolute atomic E-state index is 0.0336. The van der Waals surface area contributed by atoms with E-state index in [9.17, 15) is 14.4 Å². The van der Waals surface area contributed by atoms with Crippen LogP contribution in [0.4, 0.5) is 10.5 Å². The summed E-state index contributed by atoms with van der Waals surface area (Å²) in [5, 5.41) is 10.2. The second-order valence-corrected chi connectivity index (χ2v) is 8.51. The molecule has 196 valence electrons. The first-order valence-corrected chi connectivity index (χ1v) is 12.6. The molecule has 0 fully saturated rings. The molecule has 0 aliphatic rings. The van der Waals surface area contributed by atoms with Crippen molar-refractivity contribution in [3.63, 3.8) is 0 Å². The lowest BCUT2D eigenvalue weighted by Crippen LogP contribution is -2.30. The van der Waals surface area contributed by atoms with Crippen molar-refractivity contribution in [2.24, 2.45) is 0 Å². The summed E-state index contributed by atoms with van der Waals surface area (Å²) >= 11 is 0. The van der Waals surface area contributed by atoms with E-state index in [0.717, 1.165) is 36.3 Å². The summed E-state index contributed by atoms with van der Waals surface area (Å²) < 4.78 is 6.30. The van der Waals surface area contributed by atoms with Gasteiger partial charge in [0.25, 0.3) is 5.56 Å². The predicted octanol–water partition coefficient (Wildman–Crippen LogP) is 3.88. The third-order valence-corrected chi connectivity index (χ3v) is 5.94. The number of amides is 2. The molecule has 2 amide bonds. The van der Waals surface area contributed by atoms with Gasteiger partial charge in [-0.05, 0) is 49.3 Å². The molecule has 2 N–H and O–H groups in total. The first kappa shape index (κ1) is 27.6. The molecule has 0 saturated carbocycles. The third-order valence-electron chi connectivity index (χ3n) is 5.94. The Morgan fingerprint density at radius 2 is 1.73 bits per heavy atom. The molecular formula is C28H35N5O4. The molecule has 0 atom stereocenters. The summed E-state index contributed by atoms with van der Waals surface area (Å²) in [6.45, 7) is 9.54. The number of rotatable bonds is 12. The molecule has 9 nitrogen and oxygen atoms in total. The zero-order valence-corrected chi connectivity index (χ0v) is 21.7. The van der Waals surface area contributed by atoms with Gasteiger partial charge in [-0.1, -0.05) is 50.2 Å². The smallest absolute Gasteiger partial charge is 0.411 e. The van der Waals surface area contributed by atoms with Crippen molar-refractivity contribution in [1.82, 2.24) is 20.0 Å². The molecule has 3 aromatic rings. The Kier molecular flexibility index (Phi) is 10.4. The maximum Gasteiger partial charge on any atom is 0.411 e. The highest BCUT2D eigenvalue weighted by Gasteiger charge is 2.08.